The van der Waals surface area contributed by atoms with Crippen LogP contribution in [0.1, 0.15) is 29.7 Å². The second-order valence-electron chi connectivity index (χ2n) is 5.83. The number of anilines is 1. The number of carbonyl (C=O) groups is 1. The van der Waals surface area contributed by atoms with Crippen LogP contribution in [0.2, 0.25) is 5.02 Å². The highest BCUT2D eigenvalue weighted by molar-refractivity contribution is 6.30. The van der Waals surface area contributed by atoms with Crippen LogP contribution in [-0.4, -0.2) is 19.6 Å². The molecule has 0 aromatic heterocycles. The summed E-state index contributed by atoms with van der Waals surface area (Å²) in [6, 6.07) is 11.4. The Morgan fingerprint density at radius 3 is 2.58 bits per heavy atom. The maximum atomic E-state index is 12.2. The Balaban J connectivity index is 1.95. The van der Waals surface area contributed by atoms with E-state index in [0.29, 0.717) is 16.5 Å². The van der Waals surface area contributed by atoms with E-state index in [-0.39, 0.29) is 18.5 Å². The van der Waals surface area contributed by atoms with Gasteiger partial charge in [-0.3, -0.25) is 4.79 Å². The van der Waals surface area contributed by atoms with Gasteiger partial charge in [-0.15, -0.1) is 0 Å². The van der Waals surface area contributed by atoms with E-state index in [0.717, 1.165) is 5.56 Å². The highest BCUT2D eigenvalue weighted by atomic mass is 35.5. The number of nitrogens with one attached hydrogen (secondary N) is 2. The summed E-state index contributed by atoms with van der Waals surface area (Å²) in [4.78, 5) is 12.2. The lowest BCUT2D eigenvalue weighted by atomic mass is 10.0. The zero-order valence-corrected chi connectivity index (χ0v) is 15.2. The van der Waals surface area contributed by atoms with Gasteiger partial charge < -0.3 is 15.4 Å². The first-order valence-electron chi connectivity index (χ1n) is 7.84. The van der Waals surface area contributed by atoms with Gasteiger partial charge in [0.05, 0.1) is 25.4 Å². The summed E-state index contributed by atoms with van der Waals surface area (Å²) < 4.78 is 5.25. The van der Waals surface area contributed by atoms with Crippen molar-refractivity contribution in [1.29, 1.82) is 0 Å². The Kier molecular flexibility index (Phi) is 6.10. The van der Waals surface area contributed by atoms with Crippen molar-refractivity contribution in [1.82, 2.24) is 5.32 Å². The maximum Gasteiger partial charge on any atom is 0.239 e. The number of ether oxygens (including phenoxy) is 1. The van der Waals surface area contributed by atoms with E-state index >= 15 is 0 Å². The van der Waals surface area contributed by atoms with E-state index in [1.165, 1.54) is 11.1 Å². The van der Waals surface area contributed by atoms with Gasteiger partial charge in [-0.1, -0.05) is 29.8 Å². The summed E-state index contributed by atoms with van der Waals surface area (Å²) in [5, 5.41) is 6.64. The lowest BCUT2D eigenvalue weighted by Gasteiger charge is -2.17. The average molecular weight is 347 g/mol. The molecule has 0 fully saturated rings. The van der Waals surface area contributed by atoms with Crippen LogP contribution in [0.15, 0.2) is 36.4 Å². The zero-order chi connectivity index (χ0) is 17.7. The van der Waals surface area contributed by atoms with Crippen LogP contribution in [0.5, 0.6) is 5.75 Å². The molecule has 0 unspecified atom stereocenters. The summed E-state index contributed by atoms with van der Waals surface area (Å²) in [7, 11) is 1.58. The second-order valence-corrected chi connectivity index (χ2v) is 6.27. The van der Waals surface area contributed by atoms with Crippen molar-refractivity contribution < 1.29 is 9.53 Å². The van der Waals surface area contributed by atoms with Crippen LogP contribution in [0.25, 0.3) is 0 Å². The Hall–Kier alpha value is -2.20. The van der Waals surface area contributed by atoms with E-state index in [4.69, 9.17) is 16.3 Å². The summed E-state index contributed by atoms with van der Waals surface area (Å²) in [6.07, 6.45) is 0. The molecule has 5 heteroatoms. The summed E-state index contributed by atoms with van der Waals surface area (Å²) >= 11 is 5.98. The first-order valence-corrected chi connectivity index (χ1v) is 8.22. The van der Waals surface area contributed by atoms with Crippen LogP contribution in [-0.2, 0) is 4.79 Å². The van der Waals surface area contributed by atoms with Crippen molar-refractivity contribution in [2.45, 2.75) is 26.8 Å². The van der Waals surface area contributed by atoms with Gasteiger partial charge in [-0.25, -0.2) is 0 Å². The lowest BCUT2D eigenvalue weighted by molar-refractivity contribution is -0.120. The first kappa shape index (κ1) is 18.1. The van der Waals surface area contributed by atoms with E-state index in [1.807, 2.05) is 13.0 Å². The predicted octanol–water partition coefficient (Wildman–Crippen LogP) is 4.25. The third-order valence-corrected chi connectivity index (χ3v) is 4.24. The van der Waals surface area contributed by atoms with Gasteiger partial charge in [0, 0.05) is 5.02 Å². The summed E-state index contributed by atoms with van der Waals surface area (Å²) in [6.45, 7) is 6.26. The highest BCUT2D eigenvalue weighted by Gasteiger charge is 2.11. The molecule has 2 aromatic carbocycles. The van der Waals surface area contributed by atoms with E-state index in [9.17, 15) is 4.79 Å². The first-order chi connectivity index (χ1) is 11.4. The van der Waals surface area contributed by atoms with Gasteiger partial charge in [0.2, 0.25) is 5.91 Å². The third-order valence-electron chi connectivity index (χ3n) is 4.01. The molecule has 0 aliphatic rings. The number of amides is 1. The van der Waals surface area contributed by atoms with Crippen molar-refractivity contribution >= 4 is 23.2 Å². The monoisotopic (exact) mass is 346 g/mol. The summed E-state index contributed by atoms with van der Waals surface area (Å²) in [5.74, 6) is 0.553. The Morgan fingerprint density at radius 2 is 1.92 bits per heavy atom. The van der Waals surface area contributed by atoms with Crippen LogP contribution in [0.4, 0.5) is 5.69 Å². The Bertz CT molecular complexity index is 731. The SMILES string of the molecule is COc1ccc(Cl)cc1NCC(=O)N[C@H](C)c1ccc(C)c(C)c1. The number of methoxy groups -OCH3 is 1. The molecule has 1 atom stereocenters. The molecule has 0 aliphatic heterocycles. The van der Waals surface area contributed by atoms with Crippen molar-refractivity contribution in [2.24, 2.45) is 0 Å². The Labute approximate surface area is 148 Å². The molecule has 4 nitrogen and oxygen atoms in total. The van der Waals surface area contributed by atoms with Crippen LogP contribution in [0.3, 0.4) is 0 Å². The van der Waals surface area contributed by atoms with Gasteiger partial charge in [-0.05, 0) is 55.7 Å². The van der Waals surface area contributed by atoms with Gasteiger partial charge in [0.15, 0.2) is 0 Å². The fourth-order valence-corrected chi connectivity index (χ4v) is 2.58. The molecule has 0 saturated carbocycles. The molecule has 0 aliphatic carbocycles. The Morgan fingerprint density at radius 1 is 1.17 bits per heavy atom. The minimum Gasteiger partial charge on any atom is -0.495 e. The minimum atomic E-state index is -0.0947. The molecule has 24 heavy (non-hydrogen) atoms. The van der Waals surface area contributed by atoms with Gasteiger partial charge in [0.1, 0.15) is 5.75 Å². The van der Waals surface area contributed by atoms with Gasteiger partial charge >= 0.3 is 0 Å². The van der Waals surface area contributed by atoms with E-state index < -0.39 is 0 Å². The molecule has 1 amide bonds. The molecule has 128 valence electrons. The minimum absolute atomic E-state index is 0.0557. The van der Waals surface area contributed by atoms with Crippen LogP contribution >= 0.6 is 11.6 Å². The van der Waals surface area contributed by atoms with E-state index in [2.05, 4.69) is 36.6 Å². The van der Waals surface area contributed by atoms with Crippen LogP contribution < -0.4 is 15.4 Å². The second kappa shape index (κ2) is 8.06. The third kappa shape index (κ3) is 4.65. The number of hydrogen-bond acceptors (Lipinski definition) is 3. The standard InChI is InChI=1S/C19H23ClN2O2/c1-12-5-6-15(9-13(12)2)14(3)22-19(23)11-21-17-10-16(20)7-8-18(17)24-4/h5-10,14,21H,11H2,1-4H3,(H,22,23)/t14-/m1/s1. The molecule has 2 N–H and O–H groups in total. The van der Waals surface area contributed by atoms with Crippen molar-refractivity contribution in [3.8, 4) is 5.75 Å². The van der Waals surface area contributed by atoms with Gasteiger partial charge in [0.25, 0.3) is 0 Å². The number of aryl methyl sites for hydroxylation is 2. The number of hydrogen-bond donors (Lipinski definition) is 2. The van der Waals surface area contributed by atoms with Gasteiger partial charge in [-0.2, -0.15) is 0 Å². The zero-order valence-electron chi connectivity index (χ0n) is 14.4. The smallest absolute Gasteiger partial charge is 0.239 e. The molecule has 2 aromatic rings. The topological polar surface area (TPSA) is 50.4 Å². The number of benzene rings is 2. The predicted molar refractivity (Wildman–Crippen MR) is 99.0 cm³/mol. The molecule has 0 bridgehead atoms. The largest absolute Gasteiger partial charge is 0.495 e. The van der Waals surface area contributed by atoms with Crippen molar-refractivity contribution in [3.63, 3.8) is 0 Å². The fourth-order valence-electron chi connectivity index (χ4n) is 2.40. The average Bonchev–Trinajstić information content (AvgIpc) is 2.55. The molecule has 0 heterocycles. The fraction of sp³-hybridized carbons (Fsp3) is 0.316. The number of rotatable bonds is 6. The maximum absolute atomic E-state index is 12.2. The molecular weight excluding hydrogens is 324 g/mol. The molecule has 0 radical (unpaired) electrons. The van der Waals surface area contributed by atoms with Crippen LogP contribution in [0, 0.1) is 13.8 Å². The number of carbonyl (C=O) groups excluding carboxylic acids is 1. The quantitative estimate of drug-likeness (QED) is 0.821. The van der Waals surface area contributed by atoms with Crippen molar-refractivity contribution in [2.75, 3.05) is 19.0 Å². The summed E-state index contributed by atoms with van der Waals surface area (Å²) in [5.41, 5.74) is 4.24. The molecule has 0 spiro atoms. The highest BCUT2D eigenvalue weighted by Crippen LogP contribution is 2.27. The molecular formula is C19H23ClN2O2. The molecule has 2 rings (SSSR count). The lowest BCUT2D eigenvalue weighted by Crippen LogP contribution is -2.32. The molecule has 0 saturated heterocycles. The van der Waals surface area contributed by atoms with Crippen molar-refractivity contribution in [3.05, 3.63) is 58.1 Å². The van der Waals surface area contributed by atoms with E-state index in [1.54, 1.807) is 25.3 Å². The normalized spacial score (nSPS) is 11.7. The number of halogens is 1.